The van der Waals surface area contributed by atoms with Crippen molar-refractivity contribution < 1.29 is 14.3 Å². The highest BCUT2D eigenvalue weighted by Gasteiger charge is 2.45. The van der Waals surface area contributed by atoms with Crippen LogP contribution in [-0.4, -0.2) is 43.5 Å². The largest absolute Gasteiger partial charge is 0.378 e. The van der Waals surface area contributed by atoms with Crippen LogP contribution in [0.4, 0.5) is 5.69 Å². The average Bonchev–Trinajstić information content (AvgIpc) is 3.12. The number of likely N-dealkylation sites (N-methyl/N-ethyl adjacent to an activating group) is 1. The summed E-state index contributed by atoms with van der Waals surface area (Å²) in [5.41, 5.74) is 4.69. The maximum atomic E-state index is 13.2. The van der Waals surface area contributed by atoms with E-state index in [1.807, 2.05) is 25.2 Å². The fourth-order valence-electron chi connectivity index (χ4n) is 5.44. The molecule has 3 atom stereocenters. The molecule has 3 aliphatic heterocycles. The van der Waals surface area contributed by atoms with Crippen molar-refractivity contribution in [3.63, 3.8) is 0 Å². The highest BCUT2D eigenvalue weighted by Crippen LogP contribution is 2.34. The highest BCUT2D eigenvalue weighted by molar-refractivity contribution is 6.01. The molecule has 2 saturated heterocycles. The van der Waals surface area contributed by atoms with Gasteiger partial charge in [-0.3, -0.25) is 9.59 Å². The Labute approximate surface area is 194 Å². The van der Waals surface area contributed by atoms with Crippen molar-refractivity contribution in [1.29, 1.82) is 5.26 Å². The molecule has 2 bridgehead atoms. The number of ketones is 1. The van der Waals surface area contributed by atoms with Gasteiger partial charge >= 0.3 is 0 Å². The van der Waals surface area contributed by atoms with Crippen molar-refractivity contribution in [1.82, 2.24) is 5.32 Å². The number of hydrogen-bond acceptors (Lipinski definition) is 5. The van der Waals surface area contributed by atoms with Crippen LogP contribution in [0, 0.1) is 17.2 Å². The van der Waals surface area contributed by atoms with E-state index in [4.69, 9.17) is 4.74 Å². The summed E-state index contributed by atoms with van der Waals surface area (Å²) < 4.78 is 5.76. The minimum absolute atomic E-state index is 0.119. The Morgan fingerprint density at radius 2 is 2.06 bits per heavy atom. The fraction of sp³-hybridized carbons (Fsp3) is 0.444. The molecule has 0 aliphatic carbocycles. The lowest BCUT2D eigenvalue weighted by Crippen LogP contribution is -2.61. The third-order valence-corrected chi connectivity index (χ3v) is 7.47. The second-order valence-electron chi connectivity index (χ2n) is 9.57. The molecule has 1 N–H and O–H groups in total. The molecule has 2 aromatic carbocycles. The molecule has 6 heteroatoms. The Bertz CT molecular complexity index is 1110. The SMILES string of the molecule is CN1C(=O)Cc2ccc(-c3ccc(C[C@@H](C#N)CC(=O)C45CCOC(CCN4)C5)cc3)cc21. The maximum absolute atomic E-state index is 13.2. The predicted molar refractivity (Wildman–Crippen MR) is 126 cm³/mol. The van der Waals surface area contributed by atoms with Crippen LogP contribution in [0.3, 0.4) is 0 Å². The molecular formula is C27H29N3O3. The summed E-state index contributed by atoms with van der Waals surface area (Å²) in [6, 6.07) is 16.7. The quantitative estimate of drug-likeness (QED) is 0.740. The molecule has 3 aliphatic rings. The molecule has 33 heavy (non-hydrogen) atoms. The third kappa shape index (κ3) is 4.19. The van der Waals surface area contributed by atoms with Crippen LogP contribution < -0.4 is 10.2 Å². The molecule has 0 aromatic heterocycles. The lowest BCUT2D eigenvalue weighted by atomic mass is 9.76. The first-order chi connectivity index (χ1) is 16.0. The van der Waals surface area contributed by atoms with Crippen LogP contribution in [-0.2, 0) is 27.2 Å². The summed E-state index contributed by atoms with van der Waals surface area (Å²) in [5, 5.41) is 13.2. The third-order valence-electron chi connectivity index (χ3n) is 7.47. The number of benzene rings is 2. The van der Waals surface area contributed by atoms with Crippen molar-refractivity contribution >= 4 is 17.4 Å². The highest BCUT2D eigenvalue weighted by atomic mass is 16.5. The van der Waals surface area contributed by atoms with Crippen molar-refractivity contribution in [2.24, 2.45) is 5.92 Å². The van der Waals surface area contributed by atoms with Gasteiger partial charge in [0.1, 0.15) is 0 Å². The zero-order valence-electron chi connectivity index (χ0n) is 19.0. The number of carbonyl (C=O) groups is 2. The van der Waals surface area contributed by atoms with E-state index in [0.717, 1.165) is 47.3 Å². The molecule has 0 radical (unpaired) electrons. The number of Topliss-reactive ketones (excluding diaryl/α,β-unsaturated/α-hetero) is 1. The Balaban J connectivity index is 1.26. The number of hydrogen-bond donors (Lipinski definition) is 1. The number of nitrogens with one attached hydrogen (secondary N) is 1. The molecular weight excluding hydrogens is 414 g/mol. The van der Waals surface area contributed by atoms with E-state index in [9.17, 15) is 14.9 Å². The average molecular weight is 444 g/mol. The molecule has 5 rings (SSSR count). The van der Waals surface area contributed by atoms with Gasteiger partial charge in [0.2, 0.25) is 5.91 Å². The first-order valence-electron chi connectivity index (χ1n) is 11.8. The van der Waals surface area contributed by atoms with E-state index >= 15 is 0 Å². The Morgan fingerprint density at radius 1 is 1.27 bits per heavy atom. The molecule has 0 saturated carbocycles. The lowest BCUT2D eigenvalue weighted by molar-refractivity contribution is -0.136. The topological polar surface area (TPSA) is 82.4 Å². The van der Waals surface area contributed by atoms with E-state index in [2.05, 4.69) is 35.7 Å². The summed E-state index contributed by atoms with van der Waals surface area (Å²) in [7, 11) is 1.81. The number of nitrogens with zero attached hydrogens (tertiary/aromatic N) is 2. The van der Waals surface area contributed by atoms with Gasteiger partial charge in [0.25, 0.3) is 0 Å². The smallest absolute Gasteiger partial charge is 0.231 e. The van der Waals surface area contributed by atoms with E-state index in [-0.39, 0.29) is 30.1 Å². The van der Waals surface area contributed by atoms with Gasteiger partial charge in [-0.05, 0) is 60.5 Å². The van der Waals surface area contributed by atoms with Crippen molar-refractivity contribution in [3.8, 4) is 17.2 Å². The first-order valence-corrected chi connectivity index (χ1v) is 11.8. The second-order valence-corrected chi connectivity index (χ2v) is 9.57. The number of rotatable bonds is 6. The van der Waals surface area contributed by atoms with Crippen molar-refractivity contribution in [3.05, 3.63) is 53.6 Å². The molecule has 0 spiro atoms. The summed E-state index contributed by atoms with van der Waals surface area (Å²) >= 11 is 0. The molecule has 170 valence electrons. The predicted octanol–water partition coefficient (Wildman–Crippen LogP) is 3.43. The maximum Gasteiger partial charge on any atom is 0.231 e. The minimum Gasteiger partial charge on any atom is -0.378 e. The van der Waals surface area contributed by atoms with E-state index in [1.54, 1.807) is 4.90 Å². The Kier molecular flexibility index (Phi) is 5.77. The zero-order valence-corrected chi connectivity index (χ0v) is 19.0. The standard InChI is InChI=1S/C27H29N3O3/c1-30-24-14-21(6-7-22(24)15-26(30)32)20-4-2-18(3-5-20)12-19(17-28)13-25(31)27-9-11-33-23(16-27)8-10-29-27/h2-7,14,19,23,29H,8-13,15-16H2,1H3/t19-,23?,27?/m1/s1. The second kappa shape index (κ2) is 8.74. The van der Waals surface area contributed by atoms with E-state index < -0.39 is 5.54 Å². The molecule has 6 nitrogen and oxygen atoms in total. The van der Waals surface area contributed by atoms with Gasteiger partial charge in [-0.1, -0.05) is 36.4 Å². The van der Waals surface area contributed by atoms with Crippen LogP contribution in [0.2, 0.25) is 0 Å². The van der Waals surface area contributed by atoms with E-state index in [0.29, 0.717) is 25.9 Å². The van der Waals surface area contributed by atoms with Gasteiger partial charge in [0.05, 0.1) is 30.1 Å². The molecule has 2 fully saturated rings. The number of fused-ring (bicyclic) bond motifs is 3. The molecule has 2 aromatic rings. The molecule has 2 unspecified atom stereocenters. The van der Waals surface area contributed by atoms with Crippen LogP contribution in [0.5, 0.6) is 0 Å². The summed E-state index contributed by atoms with van der Waals surface area (Å²) in [6.45, 7) is 1.40. The van der Waals surface area contributed by atoms with Crippen LogP contribution in [0.15, 0.2) is 42.5 Å². The number of piperidine rings is 1. The normalized spacial score (nSPS) is 24.8. The molecule has 3 heterocycles. The van der Waals surface area contributed by atoms with E-state index in [1.165, 1.54) is 0 Å². The summed E-state index contributed by atoms with van der Waals surface area (Å²) in [4.78, 5) is 26.8. The Hall–Kier alpha value is -3.01. The van der Waals surface area contributed by atoms with Crippen molar-refractivity contribution in [2.45, 2.75) is 50.2 Å². The van der Waals surface area contributed by atoms with Gasteiger partial charge in [-0.25, -0.2) is 0 Å². The monoisotopic (exact) mass is 443 g/mol. The lowest BCUT2D eigenvalue weighted by Gasteiger charge is -2.45. The zero-order chi connectivity index (χ0) is 23.0. The number of nitriles is 1. The van der Waals surface area contributed by atoms with Crippen LogP contribution in [0.25, 0.3) is 11.1 Å². The van der Waals surface area contributed by atoms with Gasteiger partial charge in [-0.2, -0.15) is 5.26 Å². The minimum atomic E-state index is -0.512. The van der Waals surface area contributed by atoms with Crippen LogP contribution >= 0.6 is 0 Å². The number of anilines is 1. The molecule has 1 amide bonds. The number of amides is 1. The number of carbonyl (C=O) groups excluding carboxylic acids is 2. The fourth-order valence-corrected chi connectivity index (χ4v) is 5.44. The summed E-state index contributed by atoms with van der Waals surface area (Å²) in [6.07, 6.45) is 3.80. The van der Waals surface area contributed by atoms with Crippen molar-refractivity contribution in [2.75, 3.05) is 25.1 Å². The van der Waals surface area contributed by atoms with Crippen LogP contribution in [0.1, 0.15) is 36.8 Å². The summed E-state index contributed by atoms with van der Waals surface area (Å²) in [5.74, 6) is -0.0771. The first kappa shape index (κ1) is 21.8. The van der Waals surface area contributed by atoms with Gasteiger partial charge < -0.3 is 15.0 Å². The van der Waals surface area contributed by atoms with Gasteiger partial charge in [-0.15, -0.1) is 0 Å². The van der Waals surface area contributed by atoms with Gasteiger partial charge in [0, 0.05) is 25.8 Å². The van der Waals surface area contributed by atoms with Gasteiger partial charge in [0.15, 0.2) is 5.78 Å². The number of ether oxygens (including phenoxy) is 1. The Morgan fingerprint density at radius 3 is 2.85 bits per heavy atom.